The molecule has 3 aromatic rings. The van der Waals surface area contributed by atoms with Gasteiger partial charge in [0, 0.05) is 17.3 Å². The lowest BCUT2D eigenvalue weighted by Gasteiger charge is -2.19. The molecule has 0 spiro atoms. The fraction of sp³-hybridized carbons (Fsp3) is 0.190. The normalized spacial score (nSPS) is 10.9. The van der Waals surface area contributed by atoms with E-state index in [0.29, 0.717) is 17.5 Å². The number of amides is 1. The Morgan fingerprint density at radius 2 is 1.48 bits per heavy atom. The smallest absolute Gasteiger partial charge is 0.413 e. The number of anilines is 3. The molecule has 0 atom stereocenters. The number of hydrogen-bond acceptors (Lipinski definition) is 5. The van der Waals surface area contributed by atoms with Gasteiger partial charge in [0.2, 0.25) is 0 Å². The Labute approximate surface area is 158 Å². The van der Waals surface area contributed by atoms with Crippen LogP contribution < -0.4 is 10.6 Å². The van der Waals surface area contributed by atoms with Gasteiger partial charge < -0.3 is 10.1 Å². The van der Waals surface area contributed by atoms with Gasteiger partial charge in [0.25, 0.3) is 0 Å². The van der Waals surface area contributed by atoms with Crippen molar-refractivity contribution in [3.63, 3.8) is 0 Å². The van der Waals surface area contributed by atoms with E-state index >= 15 is 0 Å². The van der Waals surface area contributed by atoms with Crippen molar-refractivity contribution in [2.45, 2.75) is 26.4 Å². The van der Waals surface area contributed by atoms with E-state index in [-0.39, 0.29) is 0 Å². The molecule has 6 nitrogen and oxygen atoms in total. The molecule has 3 rings (SSSR count). The highest BCUT2D eigenvalue weighted by molar-refractivity contribution is 5.84. The van der Waals surface area contributed by atoms with Crippen LogP contribution in [0.5, 0.6) is 0 Å². The van der Waals surface area contributed by atoms with Crippen LogP contribution in [0.25, 0.3) is 11.4 Å². The van der Waals surface area contributed by atoms with E-state index in [1.165, 1.54) is 0 Å². The highest BCUT2D eigenvalue weighted by Crippen LogP contribution is 2.23. The summed E-state index contributed by atoms with van der Waals surface area (Å²) in [6.07, 6.45) is -0.564. The van der Waals surface area contributed by atoms with Crippen LogP contribution in [-0.2, 0) is 4.74 Å². The molecule has 0 aliphatic rings. The monoisotopic (exact) mass is 362 g/mol. The first-order chi connectivity index (χ1) is 12.9. The van der Waals surface area contributed by atoms with Crippen molar-refractivity contribution < 1.29 is 9.53 Å². The van der Waals surface area contributed by atoms with E-state index < -0.39 is 11.7 Å². The first-order valence-electron chi connectivity index (χ1n) is 8.66. The molecule has 0 unspecified atom stereocenters. The first-order valence-corrected chi connectivity index (χ1v) is 8.66. The van der Waals surface area contributed by atoms with Crippen molar-refractivity contribution >= 4 is 23.4 Å². The van der Waals surface area contributed by atoms with E-state index in [0.717, 1.165) is 11.3 Å². The molecule has 0 radical (unpaired) electrons. The van der Waals surface area contributed by atoms with Crippen LogP contribution in [0.3, 0.4) is 0 Å². The predicted octanol–water partition coefficient (Wildman–Crippen LogP) is 5.23. The number of nitrogens with one attached hydrogen (secondary N) is 2. The number of hydrogen-bond donors (Lipinski definition) is 2. The lowest BCUT2D eigenvalue weighted by Crippen LogP contribution is -2.27. The molecule has 1 amide bonds. The highest BCUT2D eigenvalue weighted by Gasteiger charge is 2.17. The van der Waals surface area contributed by atoms with E-state index in [1.54, 1.807) is 6.07 Å². The quantitative estimate of drug-likeness (QED) is 0.664. The summed E-state index contributed by atoms with van der Waals surface area (Å²) in [4.78, 5) is 21.2. The number of carbonyl (C=O) groups is 1. The molecule has 0 bridgehead atoms. The zero-order valence-electron chi connectivity index (χ0n) is 15.6. The maximum Gasteiger partial charge on any atom is 0.413 e. The Bertz CT molecular complexity index is 906. The Morgan fingerprint density at radius 3 is 2.11 bits per heavy atom. The number of nitrogens with zero attached hydrogens (tertiary/aromatic N) is 2. The van der Waals surface area contributed by atoms with Gasteiger partial charge in [-0.3, -0.25) is 5.32 Å². The molecule has 1 heterocycles. The van der Waals surface area contributed by atoms with Gasteiger partial charge in [-0.1, -0.05) is 48.5 Å². The van der Waals surface area contributed by atoms with Gasteiger partial charge in [-0.2, -0.15) is 0 Å². The molecule has 0 saturated heterocycles. The minimum atomic E-state index is -0.593. The van der Waals surface area contributed by atoms with Crippen LogP contribution in [0, 0.1) is 0 Å². The van der Waals surface area contributed by atoms with Gasteiger partial charge in [-0.25, -0.2) is 14.8 Å². The number of carbonyl (C=O) groups excluding carboxylic acids is 1. The van der Waals surface area contributed by atoms with Crippen molar-refractivity contribution in [3.05, 3.63) is 66.7 Å². The summed E-state index contributed by atoms with van der Waals surface area (Å²) in [5.41, 5.74) is 1.14. The number of rotatable bonds is 4. The van der Waals surface area contributed by atoms with Crippen LogP contribution in [0.2, 0.25) is 0 Å². The predicted molar refractivity (Wildman–Crippen MR) is 107 cm³/mol. The maximum absolute atomic E-state index is 12.1. The Hall–Kier alpha value is -3.41. The fourth-order valence-electron chi connectivity index (χ4n) is 2.37. The average molecular weight is 362 g/mol. The molecule has 138 valence electrons. The summed E-state index contributed by atoms with van der Waals surface area (Å²) in [5.74, 6) is 1.43. The van der Waals surface area contributed by atoms with Crippen molar-refractivity contribution in [3.8, 4) is 11.4 Å². The Kier molecular flexibility index (Phi) is 5.35. The highest BCUT2D eigenvalue weighted by atomic mass is 16.6. The van der Waals surface area contributed by atoms with Gasteiger partial charge in [-0.05, 0) is 32.9 Å². The average Bonchev–Trinajstić information content (AvgIpc) is 2.61. The second kappa shape index (κ2) is 7.86. The summed E-state index contributed by atoms with van der Waals surface area (Å²) in [6, 6.07) is 20.9. The zero-order valence-corrected chi connectivity index (χ0v) is 15.6. The second-order valence-electron chi connectivity index (χ2n) is 6.95. The number of para-hydroxylation sites is 1. The first kappa shape index (κ1) is 18.4. The van der Waals surface area contributed by atoms with E-state index in [2.05, 4.69) is 20.6 Å². The second-order valence-corrected chi connectivity index (χ2v) is 6.95. The fourth-order valence-corrected chi connectivity index (χ4v) is 2.37. The number of ether oxygens (including phenoxy) is 1. The third-order valence-corrected chi connectivity index (χ3v) is 3.43. The van der Waals surface area contributed by atoms with Crippen LogP contribution in [0.4, 0.5) is 22.1 Å². The summed E-state index contributed by atoms with van der Waals surface area (Å²) in [6.45, 7) is 5.43. The summed E-state index contributed by atoms with van der Waals surface area (Å²) < 4.78 is 5.31. The van der Waals surface area contributed by atoms with Crippen LogP contribution in [0.15, 0.2) is 66.7 Å². The largest absolute Gasteiger partial charge is 0.444 e. The van der Waals surface area contributed by atoms with Crippen LogP contribution in [0.1, 0.15) is 20.8 Å². The third kappa shape index (κ3) is 5.54. The maximum atomic E-state index is 12.1. The summed E-state index contributed by atoms with van der Waals surface area (Å²) in [5, 5.41) is 5.92. The molecule has 6 heteroatoms. The van der Waals surface area contributed by atoms with Gasteiger partial charge in [0.1, 0.15) is 17.2 Å². The molecule has 1 aromatic heterocycles. The van der Waals surface area contributed by atoms with Crippen LogP contribution in [-0.4, -0.2) is 21.7 Å². The zero-order chi connectivity index (χ0) is 19.3. The Morgan fingerprint density at radius 1 is 0.889 bits per heavy atom. The number of benzene rings is 2. The lowest BCUT2D eigenvalue weighted by atomic mass is 10.2. The van der Waals surface area contributed by atoms with Gasteiger partial charge in [0.05, 0.1) is 0 Å². The van der Waals surface area contributed by atoms with E-state index in [9.17, 15) is 4.79 Å². The van der Waals surface area contributed by atoms with Crippen molar-refractivity contribution in [2.75, 3.05) is 10.6 Å². The topological polar surface area (TPSA) is 76.1 Å². The standard InChI is InChI=1S/C21H22N4O2/c1-21(2,3)27-20(26)25-18-14-17(22-16-12-8-5-9-13-16)23-19(24-18)15-10-6-4-7-11-15/h4-14H,1-3H3,(H2,22,23,24,25,26). The third-order valence-electron chi connectivity index (χ3n) is 3.43. The molecule has 0 aliphatic heterocycles. The molecule has 0 aliphatic carbocycles. The molecule has 27 heavy (non-hydrogen) atoms. The van der Waals surface area contributed by atoms with Gasteiger partial charge in [0.15, 0.2) is 5.82 Å². The Balaban J connectivity index is 1.92. The molecular weight excluding hydrogens is 340 g/mol. The minimum Gasteiger partial charge on any atom is -0.444 e. The molecule has 0 fully saturated rings. The molecule has 2 aromatic carbocycles. The lowest BCUT2D eigenvalue weighted by molar-refractivity contribution is 0.0635. The summed E-state index contributed by atoms with van der Waals surface area (Å²) >= 11 is 0. The van der Waals surface area contributed by atoms with Crippen LogP contribution >= 0.6 is 0 Å². The van der Waals surface area contributed by atoms with Gasteiger partial charge >= 0.3 is 6.09 Å². The molecular formula is C21H22N4O2. The summed E-state index contributed by atoms with van der Waals surface area (Å²) in [7, 11) is 0. The van der Waals surface area contributed by atoms with E-state index in [1.807, 2.05) is 81.4 Å². The van der Waals surface area contributed by atoms with Gasteiger partial charge in [-0.15, -0.1) is 0 Å². The van der Waals surface area contributed by atoms with Crippen molar-refractivity contribution in [1.82, 2.24) is 9.97 Å². The van der Waals surface area contributed by atoms with Crippen molar-refractivity contribution in [1.29, 1.82) is 0 Å². The van der Waals surface area contributed by atoms with E-state index in [4.69, 9.17) is 4.74 Å². The SMILES string of the molecule is CC(C)(C)OC(=O)Nc1cc(Nc2ccccc2)nc(-c2ccccc2)n1. The minimum absolute atomic E-state index is 0.358. The number of aromatic nitrogens is 2. The van der Waals surface area contributed by atoms with Crippen molar-refractivity contribution in [2.24, 2.45) is 0 Å². The molecule has 2 N–H and O–H groups in total. The molecule has 0 saturated carbocycles.